The summed E-state index contributed by atoms with van der Waals surface area (Å²) < 4.78 is 10.1. The van der Waals surface area contributed by atoms with Gasteiger partial charge in [0.2, 0.25) is 11.8 Å². The zero-order valence-corrected chi connectivity index (χ0v) is 20.3. The van der Waals surface area contributed by atoms with Crippen molar-refractivity contribution in [2.75, 3.05) is 14.2 Å². The molecule has 0 aromatic heterocycles. The van der Waals surface area contributed by atoms with Gasteiger partial charge < -0.3 is 14.6 Å². The van der Waals surface area contributed by atoms with Gasteiger partial charge in [-0.3, -0.25) is 19.2 Å². The summed E-state index contributed by atoms with van der Waals surface area (Å²) in [5, 5.41) is 10.8. The Kier molecular flexibility index (Phi) is 5.51. The van der Waals surface area contributed by atoms with Crippen molar-refractivity contribution in [1.29, 1.82) is 0 Å². The van der Waals surface area contributed by atoms with Gasteiger partial charge in [-0.25, -0.2) is 4.79 Å². The number of carbonyl (C=O) groups is 5. The Labute approximate surface area is 208 Å². The van der Waals surface area contributed by atoms with Crippen LogP contribution in [0.1, 0.15) is 24.3 Å². The summed E-state index contributed by atoms with van der Waals surface area (Å²) in [6.07, 6.45) is 2.16. The number of Topliss-reactive ketones (excluding diaryl/α,β-unsaturated/α-hetero) is 1. The number of likely N-dealkylation sites (tertiary alicyclic amines) is 1. The molecule has 4 aliphatic rings. The molecule has 0 saturated carbocycles. The molecule has 10 heteroatoms. The lowest BCUT2D eigenvalue weighted by atomic mass is 9.59. The Morgan fingerprint density at radius 3 is 2.54 bits per heavy atom. The van der Waals surface area contributed by atoms with Crippen molar-refractivity contribution in [2.24, 2.45) is 17.8 Å². The van der Waals surface area contributed by atoms with Gasteiger partial charge in [0.15, 0.2) is 11.6 Å². The molecule has 0 radical (unpaired) electrons. The van der Waals surface area contributed by atoms with Gasteiger partial charge in [-0.15, -0.1) is 0 Å². The van der Waals surface area contributed by atoms with E-state index in [0.717, 1.165) is 7.11 Å². The molecule has 4 atom stereocenters. The number of phenols is 1. The van der Waals surface area contributed by atoms with Crippen molar-refractivity contribution in [2.45, 2.75) is 18.8 Å². The molecule has 3 aliphatic carbocycles. The van der Waals surface area contributed by atoms with Crippen molar-refractivity contribution in [1.82, 2.24) is 4.90 Å². The van der Waals surface area contributed by atoms with E-state index >= 15 is 0 Å². The van der Waals surface area contributed by atoms with Gasteiger partial charge in [0.05, 0.1) is 30.5 Å². The number of imide groups is 3. The molecule has 0 bridgehead atoms. The second-order valence-corrected chi connectivity index (χ2v) is 9.65. The van der Waals surface area contributed by atoms with Crippen LogP contribution in [0.25, 0.3) is 0 Å². The zero-order valence-electron chi connectivity index (χ0n) is 18.7. The predicted octanol–water partition coefficient (Wildman–Crippen LogP) is 2.93. The molecular weight excluding hydrogens is 522 g/mol. The van der Waals surface area contributed by atoms with E-state index in [2.05, 4.69) is 20.7 Å². The Bertz CT molecular complexity index is 1320. The molecule has 1 heterocycles. The SMILES string of the molecule is COC(=O)N1C(=O)C2CC=C3C(c4cc(OC)ccc4O)C4=C(CC3C2C1=O)C(=O)C(Br)=CC4=O. The molecule has 1 N–H and O–H groups in total. The molecular formula is C25H20BrNO8. The van der Waals surface area contributed by atoms with Gasteiger partial charge in [-0.2, -0.15) is 4.90 Å². The number of allylic oxidation sites excluding steroid dienone is 6. The fourth-order valence-electron chi connectivity index (χ4n) is 5.72. The second-order valence-electron chi connectivity index (χ2n) is 8.80. The van der Waals surface area contributed by atoms with Gasteiger partial charge >= 0.3 is 6.09 Å². The molecule has 1 fully saturated rings. The number of benzene rings is 1. The molecule has 0 spiro atoms. The lowest BCUT2D eigenvalue weighted by molar-refractivity contribution is -0.137. The minimum Gasteiger partial charge on any atom is -0.508 e. The summed E-state index contributed by atoms with van der Waals surface area (Å²) >= 11 is 3.16. The Hall–Kier alpha value is -3.53. The molecule has 5 rings (SSSR count). The van der Waals surface area contributed by atoms with Crippen molar-refractivity contribution >= 4 is 45.4 Å². The molecule has 3 amide bonds. The standard InChI is InChI=1S/C25H20BrNO8/c1-34-10-3-6-17(28)14(7-10)19-11-4-5-12-20(24(32)27(23(12)31)25(33)35-2)13(11)8-15-21(19)18(29)9-16(26)22(15)30/h3-4,6-7,9,12-13,19-20,28H,5,8H2,1-2H3. The van der Waals surface area contributed by atoms with Crippen LogP contribution in [0.15, 0.2) is 51.6 Å². The first-order chi connectivity index (χ1) is 16.7. The van der Waals surface area contributed by atoms with Crippen LogP contribution in [-0.4, -0.2) is 53.7 Å². The van der Waals surface area contributed by atoms with E-state index in [0.29, 0.717) is 21.8 Å². The van der Waals surface area contributed by atoms with Crippen LogP contribution < -0.4 is 4.74 Å². The Morgan fingerprint density at radius 2 is 1.86 bits per heavy atom. The highest BCUT2D eigenvalue weighted by molar-refractivity contribution is 9.12. The highest BCUT2D eigenvalue weighted by atomic mass is 79.9. The lowest BCUT2D eigenvalue weighted by Gasteiger charge is -2.42. The van der Waals surface area contributed by atoms with E-state index in [9.17, 15) is 29.1 Å². The maximum atomic E-state index is 13.3. The van der Waals surface area contributed by atoms with Crippen LogP contribution in [0.5, 0.6) is 11.5 Å². The van der Waals surface area contributed by atoms with Gasteiger partial charge in [0.25, 0.3) is 0 Å². The first-order valence-electron chi connectivity index (χ1n) is 10.9. The fraction of sp³-hybridized carbons (Fsp3) is 0.320. The van der Waals surface area contributed by atoms with Crippen molar-refractivity contribution in [3.05, 3.63) is 57.1 Å². The minimum absolute atomic E-state index is 0.0467. The van der Waals surface area contributed by atoms with Crippen LogP contribution in [0.2, 0.25) is 0 Å². The maximum absolute atomic E-state index is 13.3. The molecule has 4 unspecified atom stereocenters. The third-order valence-corrected chi connectivity index (χ3v) is 7.82. The number of phenolic OH excluding ortho intramolecular Hbond substituents is 1. The van der Waals surface area contributed by atoms with E-state index in [1.807, 2.05) is 0 Å². The number of aromatic hydroxyl groups is 1. The topological polar surface area (TPSA) is 127 Å². The van der Waals surface area contributed by atoms with Crippen LogP contribution in [0, 0.1) is 17.8 Å². The smallest absolute Gasteiger partial charge is 0.423 e. The van der Waals surface area contributed by atoms with Gasteiger partial charge in [0.1, 0.15) is 11.5 Å². The first kappa shape index (κ1) is 23.2. The van der Waals surface area contributed by atoms with Crippen molar-refractivity contribution in [3.8, 4) is 11.5 Å². The van der Waals surface area contributed by atoms with Gasteiger partial charge in [0, 0.05) is 28.7 Å². The molecule has 1 aromatic rings. The van der Waals surface area contributed by atoms with E-state index < -0.39 is 47.4 Å². The van der Waals surface area contributed by atoms with Crippen LogP contribution in [0.4, 0.5) is 4.79 Å². The molecule has 35 heavy (non-hydrogen) atoms. The number of carbonyl (C=O) groups excluding carboxylic acids is 5. The second kappa shape index (κ2) is 8.30. The van der Waals surface area contributed by atoms with Crippen LogP contribution >= 0.6 is 15.9 Å². The summed E-state index contributed by atoms with van der Waals surface area (Å²) in [5.41, 5.74) is 1.44. The van der Waals surface area contributed by atoms with E-state index in [4.69, 9.17) is 4.74 Å². The van der Waals surface area contributed by atoms with Crippen molar-refractivity contribution < 1.29 is 38.6 Å². The number of fused-ring (bicyclic) bond motifs is 3. The summed E-state index contributed by atoms with van der Waals surface area (Å²) in [5.74, 6) is -4.94. The quantitative estimate of drug-likeness (QED) is 0.344. The van der Waals surface area contributed by atoms with Crippen molar-refractivity contribution in [3.63, 3.8) is 0 Å². The monoisotopic (exact) mass is 541 g/mol. The molecule has 1 aromatic carbocycles. The average Bonchev–Trinajstić information content (AvgIpc) is 3.11. The first-order valence-corrected chi connectivity index (χ1v) is 11.7. The lowest BCUT2D eigenvalue weighted by Crippen LogP contribution is -2.40. The summed E-state index contributed by atoms with van der Waals surface area (Å²) in [6, 6.07) is 4.60. The third kappa shape index (κ3) is 3.30. The van der Waals surface area contributed by atoms with E-state index in [1.165, 1.54) is 19.3 Å². The number of halogens is 1. The molecule has 180 valence electrons. The van der Waals surface area contributed by atoms with Gasteiger partial charge in [-0.1, -0.05) is 11.6 Å². The Morgan fingerprint density at radius 1 is 1.11 bits per heavy atom. The van der Waals surface area contributed by atoms with Crippen LogP contribution in [0.3, 0.4) is 0 Å². The number of rotatable bonds is 2. The number of hydrogen-bond acceptors (Lipinski definition) is 8. The number of amides is 3. The number of ether oxygens (including phenoxy) is 2. The third-order valence-electron chi connectivity index (χ3n) is 7.23. The fourth-order valence-corrected chi connectivity index (χ4v) is 6.17. The number of ketones is 2. The molecule has 1 saturated heterocycles. The molecule has 9 nitrogen and oxygen atoms in total. The zero-order chi connectivity index (χ0) is 25.2. The summed E-state index contributed by atoms with van der Waals surface area (Å²) in [4.78, 5) is 65.3. The molecule has 1 aliphatic heterocycles. The largest absolute Gasteiger partial charge is 0.508 e. The van der Waals surface area contributed by atoms with E-state index in [-0.39, 0.29) is 40.0 Å². The average molecular weight is 542 g/mol. The predicted molar refractivity (Wildman–Crippen MR) is 123 cm³/mol. The number of methoxy groups -OCH3 is 2. The maximum Gasteiger partial charge on any atom is 0.423 e. The summed E-state index contributed by atoms with van der Waals surface area (Å²) in [6.45, 7) is 0. The normalized spacial score (nSPS) is 27.7. The van der Waals surface area contributed by atoms with E-state index in [1.54, 1.807) is 18.2 Å². The number of nitrogens with zero attached hydrogens (tertiary/aromatic N) is 1. The Balaban J connectivity index is 1.70. The minimum atomic E-state index is -1.05. The summed E-state index contributed by atoms with van der Waals surface area (Å²) in [7, 11) is 2.55. The number of hydrogen-bond donors (Lipinski definition) is 1. The highest BCUT2D eigenvalue weighted by Crippen LogP contribution is 2.56. The van der Waals surface area contributed by atoms with Gasteiger partial charge in [-0.05, 0) is 52.9 Å². The highest BCUT2D eigenvalue weighted by Gasteiger charge is 2.58. The van der Waals surface area contributed by atoms with Crippen LogP contribution in [-0.2, 0) is 23.9 Å².